The van der Waals surface area contributed by atoms with E-state index in [2.05, 4.69) is 4.72 Å². The van der Waals surface area contributed by atoms with Crippen molar-refractivity contribution < 1.29 is 12.8 Å². The molecule has 0 bridgehead atoms. The number of nitrogen functional groups attached to an aromatic ring is 1. The predicted molar refractivity (Wildman–Crippen MR) is 78.1 cm³/mol. The summed E-state index contributed by atoms with van der Waals surface area (Å²) in [5.74, 6) is -0.791. The summed E-state index contributed by atoms with van der Waals surface area (Å²) in [5, 5.41) is -0.0900. The van der Waals surface area contributed by atoms with Crippen LogP contribution in [0.4, 0.5) is 15.8 Å². The lowest BCUT2D eigenvalue weighted by atomic mass is 10.3. The SMILES string of the molecule is Nc1ccc(Cl)c(S(=O)(=O)Nc2c(F)cccc2Cl)c1. The second kappa shape index (κ2) is 5.47. The highest BCUT2D eigenvalue weighted by Crippen LogP contribution is 2.30. The van der Waals surface area contributed by atoms with Gasteiger partial charge in [-0.25, -0.2) is 12.8 Å². The first-order valence-electron chi connectivity index (χ1n) is 5.33. The Labute approximate surface area is 125 Å². The molecule has 2 aromatic carbocycles. The standard InChI is InChI=1S/C12H9Cl2FN2O2S/c13-8-5-4-7(16)6-11(8)20(18,19)17-12-9(14)2-1-3-10(12)15/h1-6,17H,16H2. The number of halogens is 3. The van der Waals surface area contributed by atoms with E-state index in [9.17, 15) is 12.8 Å². The summed E-state index contributed by atoms with van der Waals surface area (Å²) in [5.41, 5.74) is 5.40. The quantitative estimate of drug-likeness (QED) is 0.843. The first kappa shape index (κ1) is 14.9. The summed E-state index contributed by atoms with van der Waals surface area (Å²) >= 11 is 11.6. The average Bonchev–Trinajstić information content (AvgIpc) is 2.37. The van der Waals surface area contributed by atoms with Crippen LogP contribution in [0.5, 0.6) is 0 Å². The van der Waals surface area contributed by atoms with Crippen LogP contribution in [0, 0.1) is 5.82 Å². The Balaban J connectivity index is 2.49. The molecule has 20 heavy (non-hydrogen) atoms. The summed E-state index contributed by atoms with van der Waals surface area (Å²) in [4.78, 5) is -0.251. The minimum Gasteiger partial charge on any atom is -0.399 e. The Hall–Kier alpha value is -1.50. The molecular formula is C12H9Cl2FN2O2S. The molecule has 0 saturated carbocycles. The number of para-hydroxylation sites is 1. The van der Waals surface area contributed by atoms with Crippen LogP contribution in [0.3, 0.4) is 0 Å². The fourth-order valence-corrected chi connectivity index (χ4v) is 3.40. The second-order valence-electron chi connectivity index (χ2n) is 3.89. The van der Waals surface area contributed by atoms with Gasteiger partial charge in [-0.2, -0.15) is 0 Å². The van der Waals surface area contributed by atoms with Gasteiger partial charge in [-0.15, -0.1) is 0 Å². The molecular weight excluding hydrogens is 326 g/mol. The van der Waals surface area contributed by atoms with Crippen LogP contribution in [0.15, 0.2) is 41.3 Å². The summed E-state index contributed by atoms with van der Waals surface area (Å²) in [6, 6.07) is 7.79. The van der Waals surface area contributed by atoms with Gasteiger partial charge >= 0.3 is 0 Å². The van der Waals surface area contributed by atoms with Crippen molar-refractivity contribution in [3.63, 3.8) is 0 Å². The zero-order chi connectivity index (χ0) is 14.9. The van der Waals surface area contributed by atoms with E-state index in [1.54, 1.807) is 0 Å². The van der Waals surface area contributed by atoms with Crippen LogP contribution in [0.25, 0.3) is 0 Å². The molecule has 0 aliphatic carbocycles. The van der Waals surface area contributed by atoms with Gasteiger partial charge in [0, 0.05) is 5.69 Å². The molecule has 0 aliphatic heterocycles. The molecule has 0 radical (unpaired) electrons. The predicted octanol–water partition coefficient (Wildman–Crippen LogP) is 3.52. The van der Waals surface area contributed by atoms with Crippen molar-refractivity contribution in [1.29, 1.82) is 0 Å². The molecule has 0 aromatic heterocycles. The van der Waals surface area contributed by atoms with Gasteiger partial charge in [0.1, 0.15) is 16.4 Å². The summed E-state index contributed by atoms with van der Waals surface area (Å²) in [6.45, 7) is 0. The van der Waals surface area contributed by atoms with Crippen molar-refractivity contribution in [1.82, 2.24) is 0 Å². The van der Waals surface area contributed by atoms with Crippen LogP contribution in [-0.2, 0) is 10.0 Å². The number of nitrogens with one attached hydrogen (secondary N) is 1. The Morgan fingerprint density at radius 3 is 2.45 bits per heavy atom. The Morgan fingerprint density at radius 2 is 1.80 bits per heavy atom. The maximum atomic E-state index is 13.6. The first-order chi connectivity index (χ1) is 9.31. The molecule has 0 atom stereocenters. The second-order valence-corrected chi connectivity index (χ2v) is 6.36. The molecule has 0 aliphatic rings. The highest BCUT2D eigenvalue weighted by molar-refractivity contribution is 7.92. The third kappa shape index (κ3) is 2.98. The van der Waals surface area contributed by atoms with Gasteiger partial charge in [-0.3, -0.25) is 4.72 Å². The van der Waals surface area contributed by atoms with E-state index in [0.29, 0.717) is 0 Å². The zero-order valence-corrected chi connectivity index (χ0v) is 12.2. The smallest absolute Gasteiger partial charge is 0.263 e. The molecule has 2 aromatic rings. The topological polar surface area (TPSA) is 72.2 Å². The lowest BCUT2D eigenvalue weighted by Gasteiger charge is -2.12. The van der Waals surface area contributed by atoms with E-state index in [0.717, 1.165) is 6.07 Å². The van der Waals surface area contributed by atoms with E-state index in [1.165, 1.54) is 30.3 Å². The normalized spacial score (nSPS) is 11.3. The minimum atomic E-state index is -4.10. The van der Waals surface area contributed by atoms with Gasteiger partial charge in [-0.05, 0) is 30.3 Å². The number of hydrogen-bond donors (Lipinski definition) is 2. The van der Waals surface area contributed by atoms with Crippen LogP contribution in [0.2, 0.25) is 10.0 Å². The number of hydrogen-bond acceptors (Lipinski definition) is 3. The molecule has 0 saturated heterocycles. The molecule has 3 N–H and O–H groups in total. The molecule has 106 valence electrons. The van der Waals surface area contributed by atoms with Gasteiger partial charge in [-0.1, -0.05) is 29.3 Å². The number of sulfonamides is 1. The fraction of sp³-hybridized carbons (Fsp3) is 0. The summed E-state index contributed by atoms with van der Waals surface area (Å²) in [7, 11) is -4.10. The lowest BCUT2D eigenvalue weighted by molar-refractivity contribution is 0.598. The Bertz CT molecular complexity index is 746. The zero-order valence-electron chi connectivity index (χ0n) is 9.90. The van der Waals surface area contributed by atoms with Crippen molar-refractivity contribution in [2.45, 2.75) is 4.90 Å². The Morgan fingerprint density at radius 1 is 1.10 bits per heavy atom. The van der Waals surface area contributed by atoms with Gasteiger partial charge in [0.05, 0.1) is 10.0 Å². The van der Waals surface area contributed by atoms with Crippen molar-refractivity contribution in [2.24, 2.45) is 0 Å². The summed E-state index contributed by atoms with van der Waals surface area (Å²) in [6.07, 6.45) is 0. The molecule has 0 heterocycles. The Kier molecular flexibility index (Phi) is 4.08. The van der Waals surface area contributed by atoms with Crippen molar-refractivity contribution in [3.05, 3.63) is 52.3 Å². The highest BCUT2D eigenvalue weighted by atomic mass is 35.5. The lowest BCUT2D eigenvalue weighted by Crippen LogP contribution is -2.15. The van der Waals surface area contributed by atoms with E-state index in [1.807, 2.05) is 0 Å². The minimum absolute atomic E-state index is 0.0286. The van der Waals surface area contributed by atoms with Gasteiger partial charge in [0.25, 0.3) is 10.0 Å². The van der Waals surface area contributed by atoms with E-state index in [-0.39, 0.29) is 26.3 Å². The van der Waals surface area contributed by atoms with Crippen LogP contribution < -0.4 is 10.5 Å². The molecule has 4 nitrogen and oxygen atoms in total. The van der Waals surface area contributed by atoms with Crippen molar-refractivity contribution in [3.8, 4) is 0 Å². The highest BCUT2D eigenvalue weighted by Gasteiger charge is 2.21. The fourth-order valence-electron chi connectivity index (χ4n) is 1.51. The van der Waals surface area contributed by atoms with E-state index < -0.39 is 15.8 Å². The number of benzene rings is 2. The van der Waals surface area contributed by atoms with Crippen molar-refractivity contribution in [2.75, 3.05) is 10.5 Å². The monoisotopic (exact) mass is 334 g/mol. The van der Waals surface area contributed by atoms with Gasteiger partial charge in [0.15, 0.2) is 0 Å². The third-order valence-corrected chi connectivity index (χ3v) is 4.59. The van der Waals surface area contributed by atoms with Gasteiger partial charge < -0.3 is 5.73 Å². The molecule has 0 fully saturated rings. The van der Waals surface area contributed by atoms with Crippen LogP contribution >= 0.6 is 23.2 Å². The van der Waals surface area contributed by atoms with Crippen molar-refractivity contribution >= 4 is 44.6 Å². The molecule has 8 heteroatoms. The third-order valence-electron chi connectivity index (χ3n) is 2.44. The average molecular weight is 335 g/mol. The van der Waals surface area contributed by atoms with E-state index >= 15 is 0 Å². The molecule has 0 amide bonds. The van der Waals surface area contributed by atoms with Gasteiger partial charge in [0.2, 0.25) is 0 Å². The molecule has 0 unspecified atom stereocenters. The van der Waals surface area contributed by atoms with E-state index in [4.69, 9.17) is 28.9 Å². The maximum absolute atomic E-state index is 13.6. The van der Waals surface area contributed by atoms with Crippen LogP contribution in [0.1, 0.15) is 0 Å². The first-order valence-corrected chi connectivity index (χ1v) is 7.57. The summed E-state index contributed by atoms with van der Waals surface area (Å²) < 4.78 is 40.1. The van der Waals surface area contributed by atoms with Crippen LogP contribution in [-0.4, -0.2) is 8.42 Å². The number of nitrogens with two attached hydrogens (primary N) is 1. The molecule has 0 spiro atoms. The number of anilines is 2. The largest absolute Gasteiger partial charge is 0.399 e. The number of rotatable bonds is 3. The maximum Gasteiger partial charge on any atom is 0.263 e. The molecule has 2 rings (SSSR count).